The van der Waals surface area contributed by atoms with Gasteiger partial charge in [-0.05, 0) is 124 Å². The number of alkyl halides is 1. The first-order chi connectivity index (χ1) is 23.5. The Morgan fingerprint density at radius 1 is 1.06 bits per heavy atom. The SMILES string of the molecule is CC(C)(CCCCCCCl)c1cc(O)c2c(c1)OC(C)(C)[C@@H]1CC[C@@H](COC(=O)c3cc4cc5c6c(c4oc3=O)CCCN6CCC5)C[C@@H]21. The molecule has 3 aromatic rings. The number of hydrogen-bond donors (Lipinski definition) is 1. The van der Waals surface area contributed by atoms with E-state index in [-0.39, 0.29) is 35.3 Å². The lowest BCUT2D eigenvalue weighted by molar-refractivity contribution is -0.0241. The smallest absolute Gasteiger partial charge is 0.351 e. The van der Waals surface area contributed by atoms with Crippen molar-refractivity contribution < 1.29 is 23.8 Å². The second-order valence-corrected chi connectivity index (χ2v) is 16.6. The lowest BCUT2D eigenvalue weighted by atomic mass is 9.63. The number of halogens is 1. The van der Waals surface area contributed by atoms with Gasteiger partial charge in [-0.15, -0.1) is 11.6 Å². The lowest BCUT2D eigenvalue weighted by Gasteiger charge is -2.49. The number of benzene rings is 2. The monoisotopic (exact) mass is 689 g/mol. The van der Waals surface area contributed by atoms with Crippen LogP contribution < -0.4 is 15.3 Å². The molecule has 1 saturated carbocycles. The van der Waals surface area contributed by atoms with E-state index in [0.29, 0.717) is 17.2 Å². The van der Waals surface area contributed by atoms with Gasteiger partial charge >= 0.3 is 11.6 Å². The van der Waals surface area contributed by atoms with Crippen LogP contribution in [0.1, 0.15) is 130 Å². The molecule has 0 bridgehead atoms. The fourth-order valence-electron chi connectivity index (χ4n) is 9.40. The number of hydrogen-bond acceptors (Lipinski definition) is 7. The number of aryl methyl sites for hydroxylation is 2. The molecule has 3 aliphatic heterocycles. The maximum Gasteiger partial charge on any atom is 0.351 e. The van der Waals surface area contributed by atoms with E-state index in [0.717, 1.165) is 118 Å². The number of phenols is 1. The molecule has 1 N–H and O–H groups in total. The number of carbonyl (C=O) groups excluding carboxylic acids is 1. The molecule has 0 amide bonds. The summed E-state index contributed by atoms with van der Waals surface area (Å²) in [6.07, 6.45) is 12.0. The van der Waals surface area contributed by atoms with Crippen LogP contribution in [0.5, 0.6) is 11.5 Å². The molecule has 1 aromatic heterocycles. The molecule has 8 heteroatoms. The van der Waals surface area contributed by atoms with Crippen LogP contribution in [0.4, 0.5) is 5.69 Å². The molecule has 2 aromatic carbocycles. The predicted molar refractivity (Wildman–Crippen MR) is 195 cm³/mol. The Bertz CT molecular complexity index is 1790. The van der Waals surface area contributed by atoms with Gasteiger partial charge in [0.05, 0.1) is 6.61 Å². The summed E-state index contributed by atoms with van der Waals surface area (Å²) in [5.74, 6) is 1.56. The molecule has 0 spiro atoms. The van der Waals surface area contributed by atoms with Crippen LogP contribution in [0, 0.1) is 11.8 Å². The van der Waals surface area contributed by atoms with Crippen LogP contribution in [-0.4, -0.2) is 42.3 Å². The first kappa shape index (κ1) is 34.3. The highest BCUT2D eigenvalue weighted by molar-refractivity contribution is 6.17. The van der Waals surface area contributed by atoms with Gasteiger partial charge in [-0.3, -0.25) is 0 Å². The van der Waals surface area contributed by atoms with E-state index in [2.05, 4.69) is 44.7 Å². The zero-order valence-corrected chi connectivity index (χ0v) is 30.4. The Morgan fingerprint density at radius 2 is 1.84 bits per heavy atom. The molecule has 49 heavy (non-hydrogen) atoms. The second-order valence-electron chi connectivity index (χ2n) is 16.3. The number of aromatic hydroxyl groups is 1. The van der Waals surface area contributed by atoms with E-state index in [4.69, 9.17) is 25.5 Å². The number of carbonyl (C=O) groups is 1. The zero-order chi connectivity index (χ0) is 34.5. The van der Waals surface area contributed by atoms with Gasteiger partial charge in [-0.1, -0.05) is 33.1 Å². The van der Waals surface area contributed by atoms with E-state index >= 15 is 0 Å². The molecule has 3 atom stereocenters. The highest BCUT2D eigenvalue weighted by Crippen LogP contribution is 2.56. The summed E-state index contributed by atoms with van der Waals surface area (Å²) in [6, 6.07) is 7.87. The van der Waals surface area contributed by atoms with Crippen LogP contribution in [0.2, 0.25) is 0 Å². The fourth-order valence-corrected chi connectivity index (χ4v) is 9.59. The van der Waals surface area contributed by atoms with Crippen molar-refractivity contribution in [1.29, 1.82) is 0 Å². The fraction of sp³-hybridized carbons (Fsp3) is 0.610. The van der Waals surface area contributed by atoms with Crippen LogP contribution in [0.3, 0.4) is 0 Å². The van der Waals surface area contributed by atoms with Gasteiger partial charge in [0.2, 0.25) is 0 Å². The van der Waals surface area contributed by atoms with Gasteiger partial charge in [-0.25, -0.2) is 9.59 Å². The third-order valence-corrected chi connectivity index (χ3v) is 12.3. The summed E-state index contributed by atoms with van der Waals surface area (Å²) in [4.78, 5) is 29.0. The maximum atomic E-state index is 13.4. The Balaban J connectivity index is 1.07. The molecular formula is C41H52ClNO6. The van der Waals surface area contributed by atoms with Gasteiger partial charge in [-0.2, -0.15) is 0 Å². The van der Waals surface area contributed by atoms with Gasteiger partial charge in [0.25, 0.3) is 0 Å². The van der Waals surface area contributed by atoms with Crippen LogP contribution in [-0.2, 0) is 23.0 Å². The molecule has 4 aliphatic rings. The van der Waals surface area contributed by atoms with E-state index in [1.165, 1.54) is 11.3 Å². The summed E-state index contributed by atoms with van der Waals surface area (Å²) >= 11 is 5.86. The summed E-state index contributed by atoms with van der Waals surface area (Å²) in [6.45, 7) is 11.1. The molecule has 1 fully saturated rings. The van der Waals surface area contributed by atoms with Gasteiger partial charge < -0.3 is 23.9 Å². The molecule has 4 heterocycles. The van der Waals surface area contributed by atoms with Crippen LogP contribution >= 0.6 is 11.6 Å². The number of rotatable bonds is 10. The van der Waals surface area contributed by atoms with E-state index < -0.39 is 17.2 Å². The minimum absolute atomic E-state index is 0.0406. The van der Waals surface area contributed by atoms with Gasteiger partial charge in [0, 0.05) is 47.1 Å². The zero-order valence-electron chi connectivity index (χ0n) is 29.7. The van der Waals surface area contributed by atoms with Crippen molar-refractivity contribution in [2.75, 3.05) is 30.5 Å². The molecule has 7 nitrogen and oxygen atoms in total. The standard InChI is InChI=1S/C41H52ClNO6/c1-40(2,15-7-5-6-8-16-42)28-22-33(44)35-30-19-25(13-14-32(30)41(3,4)49-34(35)23-28)24-47-38(45)31-21-27-20-26-11-9-17-43-18-10-12-29(36(26)43)37(27)48-39(31)46/h20-23,25,30,32,44H,5-19,24H2,1-4H3/t25-,30-,32-/m1/s1. The Hall–Kier alpha value is -3.19. The normalized spacial score (nSPS) is 22.6. The Morgan fingerprint density at radius 3 is 2.63 bits per heavy atom. The Kier molecular flexibility index (Phi) is 9.44. The van der Waals surface area contributed by atoms with Crippen molar-refractivity contribution in [2.45, 2.75) is 122 Å². The highest BCUT2D eigenvalue weighted by atomic mass is 35.5. The van der Waals surface area contributed by atoms with E-state index in [9.17, 15) is 14.7 Å². The maximum absolute atomic E-state index is 13.4. The molecule has 264 valence electrons. The summed E-state index contributed by atoms with van der Waals surface area (Å²) in [7, 11) is 0. The van der Waals surface area contributed by atoms with Crippen LogP contribution in [0.25, 0.3) is 11.0 Å². The largest absolute Gasteiger partial charge is 0.508 e. The lowest BCUT2D eigenvalue weighted by Crippen LogP contribution is -2.47. The molecule has 0 radical (unpaired) electrons. The number of unbranched alkanes of at least 4 members (excludes halogenated alkanes) is 3. The van der Waals surface area contributed by atoms with Crippen molar-refractivity contribution in [3.63, 3.8) is 0 Å². The number of nitrogens with zero attached hydrogens (tertiary/aromatic N) is 1. The summed E-state index contributed by atoms with van der Waals surface area (Å²) < 4.78 is 18.4. The van der Waals surface area contributed by atoms with Crippen LogP contribution in [0.15, 0.2) is 33.5 Å². The quantitative estimate of drug-likeness (QED) is 0.0983. The molecule has 0 saturated heterocycles. The summed E-state index contributed by atoms with van der Waals surface area (Å²) in [5, 5.41) is 12.3. The first-order valence-electron chi connectivity index (χ1n) is 18.6. The number of fused-ring (bicyclic) bond motifs is 5. The number of ether oxygens (including phenoxy) is 2. The first-order valence-corrected chi connectivity index (χ1v) is 19.2. The van der Waals surface area contributed by atoms with E-state index in [1.807, 2.05) is 6.07 Å². The van der Waals surface area contributed by atoms with Gasteiger partial charge in [0.1, 0.15) is 28.2 Å². The average Bonchev–Trinajstić information content (AvgIpc) is 3.06. The number of phenolic OH excluding ortho intramolecular Hbond substituents is 1. The second kappa shape index (κ2) is 13.5. The van der Waals surface area contributed by atoms with Gasteiger partial charge in [0.15, 0.2) is 0 Å². The molecule has 0 unspecified atom stereocenters. The average molecular weight is 690 g/mol. The number of anilines is 1. The predicted octanol–water partition coefficient (Wildman–Crippen LogP) is 9.19. The van der Waals surface area contributed by atoms with Crippen molar-refractivity contribution in [3.8, 4) is 11.5 Å². The van der Waals surface area contributed by atoms with Crippen molar-refractivity contribution in [3.05, 3.63) is 62.5 Å². The van der Waals surface area contributed by atoms with Crippen molar-refractivity contribution in [1.82, 2.24) is 0 Å². The highest BCUT2D eigenvalue weighted by Gasteiger charge is 2.48. The third kappa shape index (κ3) is 6.57. The van der Waals surface area contributed by atoms with Crippen molar-refractivity contribution in [2.24, 2.45) is 11.8 Å². The number of esters is 1. The Labute approximate surface area is 295 Å². The molecular weight excluding hydrogens is 638 g/mol. The van der Waals surface area contributed by atoms with Crippen molar-refractivity contribution >= 4 is 34.2 Å². The van der Waals surface area contributed by atoms with E-state index in [1.54, 1.807) is 6.07 Å². The minimum Gasteiger partial charge on any atom is -0.508 e. The third-order valence-electron chi connectivity index (χ3n) is 12.1. The molecule has 1 aliphatic carbocycles. The summed E-state index contributed by atoms with van der Waals surface area (Å²) in [5.41, 5.74) is 5.01. The topological polar surface area (TPSA) is 89.2 Å². The molecule has 7 rings (SSSR count). The minimum atomic E-state index is -0.635.